The van der Waals surface area contributed by atoms with Crippen molar-refractivity contribution in [3.63, 3.8) is 0 Å². The fourth-order valence-corrected chi connectivity index (χ4v) is 2.82. The van der Waals surface area contributed by atoms with Gasteiger partial charge in [-0.1, -0.05) is 53.1 Å². The molecule has 0 bridgehead atoms. The van der Waals surface area contributed by atoms with Gasteiger partial charge in [-0.2, -0.15) is 4.98 Å². The van der Waals surface area contributed by atoms with Gasteiger partial charge >= 0.3 is 0 Å². The SMILES string of the molecule is CN=C(NCCc1nc(C(C)C)no1)NC(C)c1ccccc1Br. The van der Waals surface area contributed by atoms with Crippen LogP contribution in [0.25, 0.3) is 0 Å². The van der Waals surface area contributed by atoms with Crippen molar-refractivity contribution in [1.82, 2.24) is 20.8 Å². The van der Waals surface area contributed by atoms with E-state index in [0.717, 1.165) is 16.3 Å². The third-order valence-electron chi connectivity index (χ3n) is 3.58. The number of aromatic nitrogens is 2. The molecule has 0 spiro atoms. The summed E-state index contributed by atoms with van der Waals surface area (Å²) in [6, 6.07) is 8.27. The molecule has 7 heteroatoms. The molecule has 2 N–H and O–H groups in total. The Balaban J connectivity index is 1.85. The van der Waals surface area contributed by atoms with E-state index >= 15 is 0 Å². The predicted octanol–water partition coefficient (Wildman–Crippen LogP) is 3.42. The van der Waals surface area contributed by atoms with Crippen molar-refractivity contribution in [2.75, 3.05) is 13.6 Å². The Bertz CT molecular complexity index is 683. The van der Waals surface area contributed by atoms with Crippen LogP contribution in [0.4, 0.5) is 0 Å². The van der Waals surface area contributed by atoms with E-state index in [4.69, 9.17) is 4.52 Å². The Labute approximate surface area is 151 Å². The third-order valence-corrected chi connectivity index (χ3v) is 4.30. The van der Waals surface area contributed by atoms with Gasteiger partial charge in [-0.25, -0.2) is 0 Å². The summed E-state index contributed by atoms with van der Waals surface area (Å²) in [6.07, 6.45) is 0.657. The van der Waals surface area contributed by atoms with Gasteiger partial charge < -0.3 is 15.2 Å². The van der Waals surface area contributed by atoms with Gasteiger partial charge in [0.15, 0.2) is 11.8 Å². The molecule has 0 amide bonds. The van der Waals surface area contributed by atoms with Crippen LogP contribution in [0.15, 0.2) is 38.3 Å². The lowest BCUT2D eigenvalue weighted by Gasteiger charge is -2.19. The minimum atomic E-state index is 0.128. The van der Waals surface area contributed by atoms with E-state index in [9.17, 15) is 0 Å². The molecule has 0 saturated carbocycles. The van der Waals surface area contributed by atoms with E-state index in [2.05, 4.69) is 54.7 Å². The topological polar surface area (TPSA) is 75.3 Å². The van der Waals surface area contributed by atoms with Crippen LogP contribution >= 0.6 is 15.9 Å². The number of guanidine groups is 1. The summed E-state index contributed by atoms with van der Waals surface area (Å²) in [5, 5.41) is 10.6. The van der Waals surface area contributed by atoms with E-state index in [1.54, 1.807) is 7.05 Å². The van der Waals surface area contributed by atoms with Crippen LogP contribution in [0.3, 0.4) is 0 Å². The minimum Gasteiger partial charge on any atom is -0.356 e. The van der Waals surface area contributed by atoms with Gasteiger partial charge in [-0.15, -0.1) is 0 Å². The maximum absolute atomic E-state index is 5.24. The zero-order valence-electron chi connectivity index (χ0n) is 14.5. The second-order valence-electron chi connectivity index (χ2n) is 5.84. The maximum Gasteiger partial charge on any atom is 0.228 e. The molecule has 1 aromatic heterocycles. The Morgan fingerprint density at radius 2 is 2.04 bits per heavy atom. The van der Waals surface area contributed by atoms with E-state index in [1.807, 2.05) is 32.0 Å². The van der Waals surface area contributed by atoms with Crippen molar-refractivity contribution in [2.45, 2.75) is 39.2 Å². The van der Waals surface area contributed by atoms with Crippen LogP contribution in [-0.2, 0) is 6.42 Å². The first-order valence-electron chi connectivity index (χ1n) is 8.05. The maximum atomic E-state index is 5.24. The van der Waals surface area contributed by atoms with Crippen LogP contribution < -0.4 is 10.6 Å². The molecule has 0 radical (unpaired) electrons. The molecule has 24 heavy (non-hydrogen) atoms. The van der Waals surface area contributed by atoms with Gasteiger partial charge in [-0.3, -0.25) is 4.99 Å². The van der Waals surface area contributed by atoms with Crippen molar-refractivity contribution in [2.24, 2.45) is 4.99 Å². The summed E-state index contributed by atoms with van der Waals surface area (Å²) in [5.74, 6) is 2.40. The Hall–Kier alpha value is -1.89. The van der Waals surface area contributed by atoms with Crippen molar-refractivity contribution in [1.29, 1.82) is 0 Å². The second kappa shape index (κ2) is 8.82. The highest BCUT2D eigenvalue weighted by Crippen LogP contribution is 2.22. The van der Waals surface area contributed by atoms with Crippen LogP contribution in [-0.4, -0.2) is 29.7 Å². The van der Waals surface area contributed by atoms with E-state index in [-0.39, 0.29) is 12.0 Å². The number of halogens is 1. The molecule has 1 unspecified atom stereocenters. The second-order valence-corrected chi connectivity index (χ2v) is 6.69. The van der Waals surface area contributed by atoms with Gasteiger partial charge in [-0.05, 0) is 18.6 Å². The Morgan fingerprint density at radius 1 is 1.29 bits per heavy atom. The first kappa shape index (κ1) is 18.4. The normalized spacial score (nSPS) is 13.2. The lowest BCUT2D eigenvalue weighted by Crippen LogP contribution is -2.39. The van der Waals surface area contributed by atoms with Gasteiger partial charge in [0.05, 0.1) is 6.04 Å². The first-order valence-corrected chi connectivity index (χ1v) is 8.84. The standard InChI is InChI=1S/C17H24BrN5O/c1-11(2)16-22-15(24-23-16)9-10-20-17(19-4)21-12(3)13-7-5-6-8-14(13)18/h5-8,11-12H,9-10H2,1-4H3,(H2,19,20,21). The molecule has 1 heterocycles. The van der Waals surface area contributed by atoms with Crippen LogP contribution in [0.1, 0.15) is 50.0 Å². The van der Waals surface area contributed by atoms with E-state index in [0.29, 0.717) is 18.9 Å². The Morgan fingerprint density at radius 3 is 2.67 bits per heavy atom. The van der Waals surface area contributed by atoms with Crippen LogP contribution in [0, 0.1) is 0 Å². The largest absolute Gasteiger partial charge is 0.356 e. The zero-order valence-corrected chi connectivity index (χ0v) is 16.1. The third kappa shape index (κ3) is 5.06. The smallest absolute Gasteiger partial charge is 0.228 e. The molecular formula is C17H24BrN5O. The molecule has 0 aliphatic carbocycles. The lowest BCUT2D eigenvalue weighted by atomic mass is 10.1. The molecule has 6 nitrogen and oxygen atoms in total. The van der Waals surface area contributed by atoms with Crippen molar-refractivity contribution in [3.8, 4) is 0 Å². The monoisotopic (exact) mass is 393 g/mol. The molecule has 1 aromatic carbocycles. The summed E-state index contributed by atoms with van der Waals surface area (Å²) in [6.45, 7) is 6.85. The zero-order chi connectivity index (χ0) is 17.5. The van der Waals surface area contributed by atoms with Gasteiger partial charge in [0.25, 0.3) is 0 Å². The summed E-state index contributed by atoms with van der Waals surface area (Å²) in [4.78, 5) is 8.63. The number of hydrogen-bond donors (Lipinski definition) is 2. The average molecular weight is 394 g/mol. The summed E-state index contributed by atoms with van der Waals surface area (Å²) in [7, 11) is 1.76. The average Bonchev–Trinajstić information content (AvgIpc) is 3.03. The number of benzene rings is 1. The highest BCUT2D eigenvalue weighted by atomic mass is 79.9. The summed E-state index contributed by atoms with van der Waals surface area (Å²) in [5.41, 5.74) is 1.18. The fraction of sp³-hybridized carbons (Fsp3) is 0.471. The molecular weight excluding hydrogens is 370 g/mol. The molecule has 130 valence electrons. The van der Waals surface area contributed by atoms with Gasteiger partial charge in [0, 0.05) is 30.4 Å². The van der Waals surface area contributed by atoms with Gasteiger partial charge in [0.1, 0.15) is 0 Å². The molecule has 1 atom stereocenters. The van der Waals surface area contributed by atoms with Crippen molar-refractivity contribution >= 4 is 21.9 Å². The van der Waals surface area contributed by atoms with Crippen molar-refractivity contribution < 1.29 is 4.52 Å². The highest BCUT2D eigenvalue weighted by Gasteiger charge is 2.12. The molecule has 0 aliphatic rings. The minimum absolute atomic E-state index is 0.128. The number of rotatable bonds is 6. The number of nitrogens with zero attached hydrogens (tertiary/aromatic N) is 3. The molecule has 2 aromatic rings. The molecule has 0 aliphatic heterocycles. The number of hydrogen-bond acceptors (Lipinski definition) is 4. The van der Waals surface area contributed by atoms with Crippen LogP contribution in [0.2, 0.25) is 0 Å². The quantitative estimate of drug-likeness (QED) is 0.580. The Kier molecular flexibility index (Phi) is 6.78. The number of aliphatic imine (C=N–C) groups is 1. The molecule has 2 rings (SSSR count). The first-order chi connectivity index (χ1) is 11.5. The highest BCUT2D eigenvalue weighted by molar-refractivity contribution is 9.10. The van der Waals surface area contributed by atoms with Gasteiger partial charge in [0.2, 0.25) is 5.89 Å². The fourth-order valence-electron chi connectivity index (χ4n) is 2.20. The van der Waals surface area contributed by atoms with E-state index in [1.165, 1.54) is 5.56 Å². The molecule has 0 fully saturated rings. The lowest BCUT2D eigenvalue weighted by molar-refractivity contribution is 0.371. The van der Waals surface area contributed by atoms with E-state index < -0.39 is 0 Å². The summed E-state index contributed by atoms with van der Waals surface area (Å²) >= 11 is 3.58. The van der Waals surface area contributed by atoms with Crippen molar-refractivity contribution in [3.05, 3.63) is 46.0 Å². The number of nitrogens with one attached hydrogen (secondary N) is 2. The summed E-state index contributed by atoms with van der Waals surface area (Å²) < 4.78 is 6.32. The predicted molar refractivity (Wildman–Crippen MR) is 99.1 cm³/mol. The molecule has 0 saturated heterocycles. The van der Waals surface area contributed by atoms with Crippen LogP contribution in [0.5, 0.6) is 0 Å².